The molecule has 0 aliphatic rings. The topological polar surface area (TPSA) is 73.2 Å². The van der Waals surface area contributed by atoms with Crippen molar-refractivity contribution >= 4 is 23.4 Å². The first-order valence-electron chi connectivity index (χ1n) is 8.71. The maximum Gasteiger partial charge on any atom is 0.267 e. The Balaban J connectivity index is 1.87. The number of rotatable bonds is 6. The Morgan fingerprint density at radius 3 is 2.50 bits per heavy atom. The molecular weight excluding hydrogens is 374 g/mol. The van der Waals surface area contributed by atoms with Crippen molar-refractivity contribution in [1.29, 1.82) is 0 Å². The summed E-state index contributed by atoms with van der Waals surface area (Å²) >= 11 is 1.54. The summed E-state index contributed by atoms with van der Waals surface area (Å²) in [5, 5.41) is 7.29. The lowest BCUT2D eigenvalue weighted by Gasteiger charge is -2.16. The average molecular weight is 395 g/mol. The summed E-state index contributed by atoms with van der Waals surface area (Å²) in [5.41, 5.74) is 1.81. The second kappa shape index (κ2) is 8.75. The Morgan fingerprint density at radius 2 is 1.82 bits per heavy atom. The first-order valence-corrected chi connectivity index (χ1v) is 9.94. The van der Waals surface area contributed by atoms with E-state index in [1.54, 1.807) is 31.9 Å². The number of hydrogen-bond donors (Lipinski definition) is 1. The van der Waals surface area contributed by atoms with Crippen molar-refractivity contribution in [1.82, 2.24) is 9.78 Å². The van der Waals surface area contributed by atoms with E-state index in [0.717, 1.165) is 16.2 Å². The SMILES string of the molecule is COc1ccc(-c2ccc(=O)n([C@@H](C)C(=O)Nc3ccccc3SC)n2)cc1. The molecule has 0 radical (unpaired) electrons. The summed E-state index contributed by atoms with van der Waals surface area (Å²) in [6.45, 7) is 1.66. The normalized spacial score (nSPS) is 11.7. The molecule has 1 N–H and O–H groups in total. The lowest BCUT2D eigenvalue weighted by molar-refractivity contribution is -0.119. The molecule has 0 fully saturated rings. The molecule has 0 aliphatic heterocycles. The molecule has 28 heavy (non-hydrogen) atoms. The van der Waals surface area contributed by atoms with Gasteiger partial charge < -0.3 is 10.1 Å². The Morgan fingerprint density at radius 1 is 1.11 bits per heavy atom. The largest absolute Gasteiger partial charge is 0.497 e. The van der Waals surface area contributed by atoms with E-state index < -0.39 is 6.04 Å². The van der Waals surface area contributed by atoms with Crippen LogP contribution in [-0.2, 0) is 4.79 Å². The molecule has 0 aliphatic carbocycles. The van der Waals surface area contributed by atoms with Crippen LogP contribution < -0.4 is 15.6 Å². The first-order chi connectivity index (χ1) is 13.5. The number of ether oxygens (including phenoxy) is 1. The smallest absolute Gasteiger partial charge is 0.267 e. The number of methoxy groups -OCH3 is 1. The predicted octanol–water partition coefficient (Wildman–Crippen LogP) is 3.84. The van der Waals surface area contributed by atoms with Crippen LogP contribution in [0.1, 0.15) is 13.0 Å². The summed E-state index contributed by atoms with van der Waals surface area (Å²) < 4.78 is 6.37. The molecule has 6 nitrogen and oxygen atoms in total. The van der Waals surface area contributed by atoms with E-state index in [9.17, 15) is 9.59 Å². The second-order valence-electron chi connectivity index (χ2n) is 6.10. The predicted molar refractivity (Wildman–Crippen MR) is 112 cm³/mol. The number of benzene rings is 2. The highest BCUT2D eigenvalue weighted by molar-refractivity contribution is 7.98. The van der Waals surface area contributed by atoms with Gasteiger partial charge in [0.15, 0.2) is 0 Å². The minimum Gasteiger partial charge on any atom is -0.497 e. The van der Waals surface area contributed by atoms with Gasteiger partial charge in [-0.1, -0.05) is 12.1 Å². The van der Waals surface area contributed by atoms with Gasteiger partial charge in [-0.25, -0.2) is 4.68 Å². The molecule has 1 atom stereocenters. The van der Waals surface area contributed by atoms with E-state index in [1.807, 2.05) is 54.8 Å². The highest BCUT2D eigenvalue weighted by atomic mass is 32.2. The van der Waals surface area contributed by atoms with Crippen molar-refractivity contribution in [2.45, 2.75) is 17.9 Å². The molecule has 1 heterocycles. The Kier molecular flexibility index (Phi) is 6.16. The van der Waals surface area contributed by atoms with Gasteiger partial charge in [-0.2, -0.15) is 5.10 Å². The monoisotopic (exact) mass is 395 g/mol. The molecule has 7 heteroatoms. The molecule has 0 saturated carbocycles. The summed E-state index contributed by atoms with van der Waals surface area (Å²) in [6.07, 6.45) is 1.94. The lowest BCUT2D eigenvalue weighted by Crippen LogP contribution is -2.33. The number of amides is 1. The summed E-state index contributed by atoms with van der Waals surface area (Å²) in [7, 11) is 1.60. The van der Waals surface area contributed by atoms with Gasteiger partial charge in [-0.3, -0.25) is 9.59 Å². The average Bonchev–Trinajstić information content (AvgIpc) is 2.74. The number of thioether (sulfide) groups is 1. The molecule has 2 aromatic carbocycles. The van der Waals surface area contributed by atoms with Crippen LogP contribution in [0.3, 0.4) is 0 Å². The van der Waals surface area contributed by atoms with E-state index in [0.29, 0.717) is 11.4 Å². The second-order valence-corrected chi connectivity index (χ2v) is 6.94. The third-order valence-electron chi connectivity index (χ3n) is 4.32. The molecule has 0 unspecified atom stereocenters. The molecule has 1 aromatic heterocycles. The Bertz CT molecular complexity index is 1030. The van der Waals surface area contributed by atoms with Crippen molar-refractivity contribution in [3.63, 3.8) is 0 Å². The van der Waals surface area contributed by atoms with Gasteiger partial charge in [0.2, 0.25) is 5.91 Å². The molecule has 0 bridgehead atoms. The van der Waals surface area contributed by atoms with Crippen LogP contribution in [-0.4, -0.2) is 29.1 Å². The fraction of sp³-hybridized carbons (Fsp3) is 0.190. The van der Waals surface area contributed by atoms with Crippen molar-refractivity contribution < 1.29 is 9.53 Å². The van der Waals surface area contributed by atoms with Gasteiger partial charge in [0, 0.05) is 16.5 Å². The third-order valence-corrected chi connectivity index (χ3v) is 5.12. The summed E-state index contributed by atoms with van der Waals surface area (Å²) in [6, 6.07) is 17.2. The number of hydrogen-bond acceptors (Lipinski definition) is 5. The van der Waals surface area contributed by atoms with Crippen molar-refractivity contribution in [2.75, 3.05) is 18.7 Å². The van der Waals surface area contributed by atoms with Crippen molar-refractivity contribution in [3.05, 3.63) is 71.0 Å². The van der Waals surface area contributed by atoms with Crippen molar-refractivity contribution in [3.8, 4) is 17.0 Å². The van der Waals surface area contributed by atoms with Gasteiger partial charge in [0.1, 0.15) is 11.8 Å². The number of anilines is 1. The minimum atomic E-state index is -0.763. The molecule has 0 saturated heterocycles. The third kappa shape index (κ3) is 4.26. The van der Waals surface area contributed by atoms with Gasteiger partial charge in [0.05, 0.1) is 18.5 Å². The van der Waals surface area contributed by atoms with Crippen LogP contribution >= 0.6 is 11.8 Å². The zero-order valence-electron chi connectivity index (χ0n) is 15.9. The number of carbonyl (C=O) groups is 1. The molecule has 1 amide bonds. The van der Waals surface area contributed by atoms with E-state index >= 15 is 0 Å². The lowest BCUT2D eigenvalue weighted by atomic mass is 10.1. The number of para-hydroxylation sites is 1. The van der Waals surface area contributed by atoms with Crippen LogP contribution in [0.25, 0.3) is 11.3 Å². The summed E-state index contributed by atoms with van der Waals surface area (Å²) in [4.78, 5) is 26.0. The van der Waals surface area contributed by atoms with Crippen LogP contribution in [0.5, 0.6) is 5.75 Å². The van der Waals surface area contributed by atoms with Gasteiger partial charge >= 0.3 is 0 Å². The molecule has 3 rings (SSSR count). The molecule has 0 spiro atoms. The first kappa shape index (κ1) is 19.7. The van der Waals surface area contributed by atoms with E-state index in [-0.39, 0.29) is 11.5 Å². The number of nitrogens with one attached hydrogen (secondary N) is 1. The molecule has 144 valence electrons. The fourth-order valence-electron chi connectivity index (χ4n) is 2.71. The number of carbonyl (C=O) groups excluding carboxylic acids is 1. The Labute approximate surface area is 167 Å². The maximum atomic E-state index is 12.7. The number of nitrogens with zero attached hydrogens (tertiary/aromatic N) is 2. The highest BCUT2D eigenvalue weighted by Crippen LogP contribution is 2.25. The standard InChI is InChI=1S/C21H21N3O3S/c1-14(21(26)22-18-6-4-5-7-19(18)28-3)24-20(25)13-12-17(23-24)15-8-10-16(27-2)11-9-15/h4-14H,1-3H3,(H,22,26)/t14-/m0/s1. The van der Waals surface area contributed by atoms with Crippen LogP contribution in [0.2, 0.25) is 0 Å². The van der Waals surface area contributed by atoms with E-state index in [4.69, 9.17) is 4.74 Å². The quantitative estimate of drug-likeness (QED) is 0.642. The van der Waals surface area contributed by atoms with Gasteiger partial charge in [-0.05, 0) is 55.6 Å². The van der Waals surface area contributed by atoms with Gasteiger partial charge in [-0.15, -0.1) is 11.8 Å². The maximum absolute atomic E-state index is 12.7. The minimum absolute atomic E-state index is 0.303. The fourth-order valence-corrected chi connectivity index (χ4v) is 3.27. The van der Waals surface area contributed by atoms with Crippen LogP contribution in [0.4, 0.5) is 5.69 Å². The summed E-state index contributed by atoms with van der Waals surface area (Å²) in [5.74, 6) is 0.431. The number of aromatic nitrogens is 2. The van der Waals surface area contributed by atoms with Crippen molar-refractivity contribution in [2.24, 2.45) is 0 Å². The Hall–Kier alpha value is -3.06. The van der Waals surface area contributed by atoms with Gasteiger partial charge in [0.25, 0.3) is 5.56 Å². The highest BCUT2D eigenvalue weighted by Gasteiger charge is 2.19. The zero-order chi connectivity index (χ0) is 20.1. The van der Waals surface area contributed by atoms with E-state index in [2.05, 4.69) is 10.4 Å². The van der Waals surface area contributed by atoms with Crippen LogP contribution in [0, 0.1) is 0 Å². The zero-order valence-corrected chi connectivity index (χ0v) is 16.7. The molecule has 3 aromatic rings. The van der Waals surface area contributed by atoms with E-state index in [1.165, 1.54) is 10.7 Å². The van der Waals surface area contributed by atoms with Crippen LogP contribution in [0.15, 0.2) is 70.4 Å². The molecular formula is C21H21N3O3S.